The van der Waals surface area contributed by atoms with Gasteiger partial charge in [-0.25, -0.2) is 4.39 Å². The van der Waals surface area contributed by atoms with E-state index in [1.807, 2.05) is 6.92 Å². The maximum atomic E-state index is 13.6. The van der Waals surface area contributed by atoms with E-state index in [-0.39, 0.29) is 11.9 Å². The Bertz CT molecular complexity index is 337. The van der Waals surface area contributed by atoms with E-state index in [0.717, 1.165) is 12.0 Å². The van der Waals surface area contributed by atoms with Crippen LogP contribution < -0.4 is 10.5 Å². The second kappa shape index (κ2) is 5.85. The highest BCUT2D eigenvalue weighted by Crippen LogP contribution is 2.21. The molecule has 0 spiro atoms. The summed E-state index contributed by atoms with van der Waals surface area (Å²) in [6.45, 7) is 6.60. The van der Waals surface area contributed by atoms with Gasteiger partial charge < -0.3 is 10.5 Å². The number of hydrogen-bond acceptors (Lipinski definition) is 2. The zero-order valence-electron chi connectivity index (χ0n) is 10.2. The van der Waals surface area contributed by atoms with Crippen molar-refractivity contribution in [3.8, 4) is 5.75 Å². The molecule has 90 valence electrons. The molecule has 0 aliphatic rings. The van der Waals surface area contributed by atoms with Crippen molar-refractivity contribution in [3.05, 3.63) is 29.6 Å². The van der Waals surface area contributed by atoms with Gasteiger partial charge in [-0.15, -0.1) is 0 Å². The summed E-state index contributed by atoms with van der Waals surface area (Å²) in [5, 5.41) is 0. The summed E-state index contributed by atoms with van der Waals surface area (Å²) in [5.41, 5.74) is 6.45. The molecule has 1 atom stereocenters. The third kappa shape index (κ3) is 3.81. The van der Waals surface area contributed by atoms with Crippen LogP contribution in [0.3, 0.4) is 0 Å². The predicted molar refractivity (Wildman–Crippen MR) is 64.0 cm³/mol. The maximum Gasteiger partial charge on any atom is 0.165 e. The summed E-state index contributed by atoms with van der Waals surface area (Å²) in [6, 6.07) is 4.74. The van der Waals surface area contributed by atoms with Crippen LogP contribution in [0.1, 0.15) is 38.8 Å². The Morgan fingerprint density at radius 3 is 2.50 bits per heavy atom. The average Bonchev–Trinajstić information content (AvgIpc) is 2.19. The van der Waals surface area contributed by atoms with Crippen LogP contribution in [0.15, 0.2) is 18.2 Å². The number of ether oxygens (including phenoxy) is 1. The Kier molecular flexibility index (Phi) is 4.74. The molecule has 1 rings (SSSR count). The number of halogens is 1. The topological polar surface area (TPSA) is 35.2 Å². The predicted octanol–water partition coefficient (Wildman–Crippen LogP) is 3.27. The van der Waals surface area contributed by atoms with Crippen molar-refractivity contribution in [2.24, 2.45) is 11.7 Å². The van der Waals surface area contributed by atoms with Crippen LogP contribution in [0.2, 0.25) is 0 Å². The third-order valence-electron chi connectivity index (χ3n) is 2.43. The van der Waals surface area contributed by atoms with E-state index in [2.05, 4.69) is 13.8 Å². The molecule has 0 fully saturated rings. The van der Waals surface area contributed by atoms with Crippen molar-refractivity contribution in [3.63, 3.8) is 0 Å². The Balaban J connectivity index is 2.61. The third-order valence-corrected chi connectivity index (χ3v) is 2.43. The molecule has 0 bridgehead atoms. The second-order valence-corrected chi connectivity index (χ2v) is 4.51. The lowest BCUT2D eigenvalue weighted by atomic mass is 10.1. The standard InChI is InChI=1S/C13H20FNO/c1-9(2)6-7-16-13-5-4-11(10(3)15)8-12(13)14/h4-5,8-10H,6-7,15H2,1-3H3/t10-/m1/s1. The van der Waals surface area contributed by atoms with Crippen LogP contribution in [-0.2, 0) is 0 Å². The van der Waals surface area contributed by atoms with Gasteiger partial charge in [-0.2, -0.15) is 0 Å². The summed E-state index contributed by atoms with van der Waals surface area (Å²) in [5.74, 6) is 0.537. The van der Waals surface area contributed by atoms with Crippen molar-refractivity contribution in [1.82, 2.24) is 0 Å². The Hall–Kier alpha value is -1.09. The van der Waals surface area contributed by atoms with Gasteiger partial charge in [0.2, 0.25) is 0 Å². The lowest BCUT2D eigenvalue weighted by molar-refractivity contribution is 0.276. The van der Waals surface area contributed by atoms with Crippen molar-refractivity contribution in [2.75, 3.05) is 6.61 Å². The van der Waals surface area contributed by atoms with Crippen LogP contribution in [0.5, 0.6) is 5.75 Å². The molecule has 0 amide bonds. The fourth-order valence-corrected chi connectivity index (χ4v) is 1.32. The van der Waals surface area contributed by atoms with Gasteiger partial charge in [-0.3, -0.25) is 0 Å². The summed E-state index contributed by atoms with van der Waals surface area (Å²) in [7, 11) is 0. The maximum absolute atomic E-state index is 13.6. The first-order valence-corrected chi connectivity index (χ1v) is 5.68. The smallest absolute Gasteiger partial charge is 0.165 e. The zero-order chi connectivity index (χ0) is 12.1. The molecular formula is C13H20FNO. The summed E-state index contributed by atoms with van der Waals surface area (Å²) in [4.78, 5) is 0. The van der Waals surface area contributed by atoms with Crippen LogP contribution >= 0.6 is 0 Å². The van der Waals surface area contributed by atoms with Gasteiger partial charge in [0.1, 0.15) is 0 Å². The largest absolute Gasteiger partial charge is 0.491 e. The first-order chi connectivity index (χ1) is 7.50. The van der Waals surface area contributed by atoms with Crippen molar-refractivity contribution < 1.29 is 9.13 Å². The lowest BCUT2D eigenvalue weighted by Crippen LogP contribution is -2.07. The number of hydrogen-bond donors (Lipinski definition) is 1. The first-order valence-electron chi connectivity index (χ1n) is 5.68. The van der Waals surface area contributed by atoms with Crippen LogP contribution in [0.25, 0.3) is 0 Å². The van der Waals surface area contributed by atoms with Crippen LogP contribution in [0, 0.1) is 11.7 Å². The van der Waals surface area contributed by atoms with Gasteiger partial charge in [0.25, 0.3) is 0 Å². The highest BCUT2D eigenvalue weighted by Gasteiger charge is 2.07. The minimum Gasteiger partial charge on any atom is -0.491 e. The van der Waals surface area contributed by atoms with E-state index in [1.54, 1.807) is 12.1 Å². The van der Waals surface area contributed by atoms with Gasteiger partial charge in [-0.05, 0) is 37.0 Å². The van der Waals surface area contributed by atoms with Gasteiger partial charge in [0.05, 0.1) is 6.61 Å². The Morgan fingerprint density at radius 2 is 2.00 bits per heavy atom. The van der Waals surface area contributed by atoms with Crippen LogP contribution in [0.4, 0.5) is 4.39 Å². The van der Waals surface area contributed by atoms with Crippen LogP contribution in [-0.4, -0.2) is 6.61 Å². The zero-order valence-corrected chi connectivity index (χ0v) is 10.2. The molecule has 0 aliphatic heterocycles. The SMILES string of the molecule is CC(C)CCOc1ccc([C@@H](C)N)cc1F. The molecule has 2 nitrogen and oxygen atoms in total. The quantitative estimate of drug-likeness (QED) is 0.834. The minimum atomic E-state index is -0.335. The summed E-state index contributed by atoms with van der Waals surface area (Å²) >= 11 is 0. The van der Waals surface area contributed by atoms with E-state index in [1.165, 1.54) is 6.07 Å². The Labute approximate surface area is 96.6 Å². The molecule has 1 aromatic carbocycles. The Morgan fingerprint density at radius 1 is 1.31 bits per heavy atom. The van der Waals surface area contributed by atoms with Crippen molar-refractivity contribution in [1.29, 1.82) is 0 Å². The van der Waals surface area contributed by atoms with Crippen molar-refractivity contribution in [2.45, 2.75) is 33.2 Å². The van der Waals surface area contributed by atoms with E-state index < -0.39 is 0 Å². The summed E-state index contributed by atoms with van der Waals surface area (Å²) < 4.78 is 18.9. The summed E-state index contributed by atoms with van der Waals surface area (Å²) in [6.07, 6.45) is 0.925. The molecule has 0 aromatic heterocycles. The number of nitrogens with two attached hydrogens (primary N) is 1. The molecule has 0 saturated carbocycles. The fraction of sp³-hybridized carbons (Fsp3) is 0.538. The van der Waals surface area contributed by atoms with Gasteiger partial charge in [0, 0.05) is 6.04 Å². The molecule has 0 aliphatic carbocycles. The fourth-order valence-electron chi connectivity index (χ4n) is 1.32. The number of rotatable bonds is 5. The average molecular weight is 225 g/mol. The van der Waals surface area contributed by atoms with Crippen molar-refractivity contribution >= 4 is 0 Å². The normalized spacial score (nSPS) is 12.9. The van der Waals surface area contributed by atoms with Gasteiger partial charge >= 0.3 is 0 Å². The van der Waals surface area contributed by atoms with Gasteiger partial charge in [0.15, 0.2) is 11.6 Å². The highest BCUT2D eigenvalue weighted by molar-refractivity contribution is 5.30. The highest BCUT2D eigenvalue weighted by atomic mass is 19.1. The molecule has 0 saturated heterocycles. The molecule has 0 radical (unpaired) electrons. The van der Waals surface area contributed by atoms with E-state index >= 15 is 0 Å². The molecule has 16 heavy (non-hydrogen) atoms. The lowest BCUT2D eigenvalue weighted by Gasteiger charge is -2.11. The monoisotopic (exact) mass is 225 g/mol. The minimum absolute atomic E-state index is 0.154. The molecule has 3 heteroatoms. The first kappa shape index (κ1) is 13.0. The van der Waals surface area contributed by atoms with E-state index in [9.17, 15) is 4.39 Å². The van der Waals surface area contributed by atoms with E-state index in [0.29, 0.717) is 18.3 Å². The molecule has 0 unspecified atom stereocenters. The second-order valence-electron chi connectivity index (χ2n) is 4.51. The molecule has 0 heterocycles. The molecule has 1 aromatic rings. The number of benzene rings is 1. The molecule has 2 N–H and O–H groups in total. The van der Waals surface area contributed by atoms with Gasteiger partial charge in [-0.1, -0.05) is 19.9 Å². The molecular weight excluding hydrogens is 205 g/mol. The van der Waals surface area contributed by atoms with E-state index in [4.69, 9.17) is 10.5 Å².